The summed E-state index contributed by atoms with van der Waals surface area (Å²) in [7, 11) is 0. The number of carbonyl (C=O) groups excluding carboxylic acids is 1. The van der Waals surface area contributed by atoms with Crippen LogP contribution in [0.15, 0.2) is 47.6 Å². The number of halogens is 1. The molecule has 0 bridgehead atoms. The number of piperidine rings is 1. The molecule has 1 aromatic carbocycles. The zero-order valence-electron chi connectivity index (χ0n) is 13.0. The van der Waals surface area contributed by atoms with E-state index in [1.54, 1.807) is 22.6 Å². The van der Waals surface area contributed by atoms with Crippen molar-refractivity contribution in [3.05, 3.63) is 42.7 Å². The molecular formula is C16H21ClN4OS. The highest BCUT2D eigenvalue weighted by Crippen LogP contribution is 2.29. The minimum atomic E-state index is -0.604. The summed E-state index contributed by atoms with van der Waals surface area (Å²) >= 11 is 1.69. The number of benzene rings is 1. The van der Waals surface area contributed by atoms with E-state index >= 15 is 0 Å². The van der Waals surface area contributed by atoms with Gasteiger partial charge in [-0.15, -0.1) is 24.2 Å². The van der Waals surface area contributed by atoms with E-state index in [2.05, 4.69) is 15.7 Å². The first-order valence-corrected chi connectivity index (χ1v) is 8.63. The highest BCUT2D eigenvalue weighted by Gasteiger charge is 2.41. The Morgan fingerprint density at radius 1 is 1.30 bits per heavy atom. The Bertz CT molecular complexity index is 624. The molecule has 2 heterocycles. The van der Waals surface area contributed by atoms with Crippen LogP contribution in [-0.2, 0) is 10.3 Å². The fraction of sp³-hybridized carbons (Fsp3) is 0.375. The number of anilines is 1. The fourth-order valence-electron chi connectivity index (χ4n) is 2.84. The third-order valence-corrected chi connectivity index (χ3v) is 4.89. The molecule has 23 heavy (non-hydrogen) atoms. The van der Waals surface area contributed by atoms with Crippen molar-refractivity contribution >= 4 is 35.8 Å². The Morgan fingerprint density at radius 3 is 2.57 bits per heavy atom. The second-order valence-corrected chi connectivity index (χ2v) is 6.29. The molecule has 1 aliphatic heterocycles. The van der Waals surface area contributed by atoms with Gasteiger partial charge in [0.1, 0.15) is 5.54 Å². The molecule has 0 spiro atoms. The molecule has 2 N–H and O–H groups in total. The van der Waals surface area contributed by atoms with Gasteiger partial charge in [0.15, 0.2) is 0 Å². The van der Waals surface area contributed by atoms with E-state index in [1.807, 2.05) is 42.8 Å². The van der Waals surface area contributed by atoms with Gasteiger partial charge >= 0.3 is 0 Å². The zero-order valence-corrected chi connectivity index (χ0v) is 14.6. The summed E-state index contributed by atoms with van der Waals surface area (Å²) in [4.78, 5) is 14.1. The number of amides is 1. The summed E-state index contributed by atoms with van der Waals surface area (Å²) in [5.41, 5.74) is 0.222. The minimum absolute atomic E-state index is 0. The van der Waals surface area contributed by atoms with Crippen LogP contribution in [0.4, 0.5) is 5.69 Å². The quantitative estimate of drug-likeness (QED) is 0.831. The summed E-state index contributed by atoms with van der Waals surface area (Å²) in [6.07, 6.45) is 7.12. The topological polar surface area (TPSA) is 59.0 Å². The molecule has 3 rings (SSSR count). The number of hydrogen-bond acceptors (Lipinski definition) is 4. The Labute approximate surface area is 146 Å². The van der Waals surface area contributed by atoms with Crippen LogP contribution in [0, 0.1) is 0 Å². The molecule has 1 aromatic heterocycles. The third-order valence-electron chi connectivity index (χ3n) is 4.14. The summed E-state index contributed by atoms with van der Waals surface area (Å²) in [6, 6.07) is 9.79. The summed E-state index contributed by atoms with van der Waals surface area (Å²) < 4.78 is 1.80. The first-order valence-electron chi connectivity index (χ1n) is 7.41. The molecule has 0 radical (unpaired) electrons. The SMILES string of the molecule is CSc1ccc(NC(=O)C2(n3cccn3)CCNCC2)cc1.Cl. The van der Waals surface area contributed by atoms with Gasteiger partial charge in [0.25, 0.3) is 5.91 Å². The van der Waals surface area contributed by atoms with Crippen molar-refractivity contribution in [2.24, 2.45) is 0 Å². The van der Waals surface area contributed by atoms with Crippen LogP contribution >= 0.6 is 24.2 Å². The average molecular weight is 353 g/mol. The van der Waals surface area contributed by atoms with Gasteiger partial charge in [-0.25, -0.2) is 0 Å². The van der Waals surface area contributed by atoms with Gasteiger partial charge in [-0.3, -0.25) is 9.48 Å². The van der Waals surface area contributed by atoms with Crippen LogP contribution in [0.1, 0.15) is 12.8 Å². The van der Waals surface area contributed by atoms with Crippen LogP contribution in [0.2, 0.25) is 0 Å². The Hall–Kier alpha value is -1.50. The first-order chi connectivity index (χ1) is 10.7. The van der Waals surface area contributed by atoms with Gasteiger partial charge in [0.05, 0.1) is 0 Å². The lowest BCUT2D eigenvalue weighted by Gasteiger charge is -2.36. The van der Waals surface area contributed by atoms with Crippen LogP contribution in [-0.4, -0.2) is 35.0 Å². The van der Waals surface area contributed by atoms with Crippen LogP contribution < -0.4 is 10.6 Å². The van der Waals surface area contributed by atoms with Crippen LogP contribution in [0.3, 0.4) is 0 Å². The molecular weight excluding hydrogens is 332 g/mol. The van der Waals surface area contributed by atoms with Crippen molar-refractivity contribution in [3.8, 4) is 0 Å². The van der Waals surface area contributed by atoms with Gasteiger partial charge in [-0.2, -0.15) is 5.10 Å². The molecule has 0 saturated carbocycles. The van der Waals surface area contributed by atoms with Crippen LogP contribution in [0.25, 0.3) is 0 Å². The summed E-state index contributed by atoms with van der Waals surface area (Å²) in [5, 5.41) is 10.7. The number of thioether (sulfide) groups is 1. The second kappa shape index (κ2) is 7.86. The lowest BCUT2D eigenvalue weighted by atomic mass is 9.87. The molecule has 1 fully saturated rings. The molecule has 1 aliphatic rings. The number of hydrogen-bond donors (Lipinski definition) is 2. The molecule has 2 aromatic rings. The van der Waals surface area contributed by atoms with Crippen molar-refractivity contribution in [1.29, 1.82) is 0 Å². The van der Waals surface area contributed by atoms with E-state index in [0.717, 1.165) is 31.6 Å². The largest absolute Gasteiger partial charge is 0.324 e. The zero-order chi connectivity index (χ0) is 15.4. The number of aromatic nitrogens is 2. The number of nitrogens with zero attached hydrogens (tertiary/aromatic N) is 2. The van der Waals surface area contributed by atoms with Crippen molar-refractivity contribution in [2.45, 2.75) is 23.3 Å². The molecule has 0 aliphatic carbocycles. The van der Waals surface area contributed by atoms with Gasteiger partial charge in [0, 0.05) is 23.0 Å². The molecule has 5 nitrogen and oxygen atoms in total. The third kappa shape index (κ3) is 3.71. The predicted octanol–water partition coefficient (Wildman–Crippen LogP) is 2.74. The highest BCUT2D eigenvalue weighted by atomic mass is 35.5. The number of carbonyl (C=O) groups is 1. The lowest BCUT2D eigenvalue weighted by molar-refractivity contribution is -0.126. The molecule has 0 atom stereocenters. The Balaban J connectivity index is 0.00000192. The predicted molar refractivity (Wildman–Crippen MR) is 96.4 cm³/mol. The van der Waals surface area contributed by atoms with E-state index in [4.69, 9.17) is 0 Å². The lowest BCUT2D eigenvalue weighted by Crippen LogP contribution is -2.52. The van der Waals surface area contributed by atoms with Gasteiger partial charge < -0.3 is 10.6 Å². The van der Waals surface area contributed by atoms with Gasteiger partial charge in [-0.1, -0.05) is 0 Å². The average Bonchev–Trinajstić information content (AvgIpc) is 3.11. The number of nitrogens with one attached hydrogen (secondary N) is 2. The van der Waals surface area contributed by atoms with Gasteiger partial charge in [-0.05, 0) is 62.5 Å². The first kappa shape index (κ1) is 17.8. The Morgan fingerprint density at radius 2 is 2.00 bits per heavy atom. The van der Waals surface area contributed by atoms with Crippen molar-refractivity contribution in [2.75, 3.05) is 24.7 Å². The molecule has 124 valence electrons. The minimum Gasteiger partial charge on any atom is -0.324 e. The van der Waals surface area contributed by atoms with E-state index in [1.165, 1.54) is 4.90 Å². The maximum Gasteiger partial charge on any atom is 0.252 e. The van der Waals surface area contributed by atoms with Crippen LogP contribution in [0.5, 0.6) is 0 Å². The number of rotatable bonds is 4. The molecule has 7 heteroatoms. The maximum absolute atomic E-state index is 12.9. The Kier molecular flexibility index (Phi) is 6.10. The van der Waals surface area contributed by atoms with Crippen molar-refractivity contribution in [1.82, 2.24) is 15.1 Å². The van der Waals surface area contributed by atoms with Crippen molar-refractivity contribution in [3.63, 3.8) is 0 Å². The van der Waals surface area contributed by atoms with E-state index in [9.17, 15) is 4.79 Å². The molecule has 1 saturated heterocycles. The normalized spacial score (nSPS) is 16.4. The van der Waals surface area contributed by atoms with E-state index in [0.29, 0.717) is 0 Å². The fourth-order valence-corrected chi connectivity index (χ4v) is 3.25. The monoisotopic (exact) mass is 352 g/mol. The van der Waals surface area contributed by atoms with E-state index in [-0.39, 0.29) is 18.3 Å². The standard InChI is InChI=1S/C16H20N4OS.ClH/c1-22-14-5-3-13(4-6-14)19-15(21)16(7-10-17-11-8-16)20-12-2-9-18-20;/h2-6,9,12,17H,7-8,10-11H2,1H3,(H,19,21);1H. The second-order valence-electron chi connectivity index (χ2n) is 5.41. The van der Waals surface area contributed by atoms with Gasteiger partial charge in [0.2, 0.25) is 0 Å². The molecule has 1 amide bonds. The summed E-state index contributed by atoms with van der Waals surface area (Å²) in [6.45, 7) is 1.64. The maximum atomic E-state index is 12.9. The summed E-state index contributed by atoms with van der Waals surface area (Å²) in [5.74, 6) is 0.00889. The van der Waals surface area contributed by atoms with E-state index < -0.39 is 5.54 Å². The molecule has 0 unspecified atom stereocenters. The smallest absolute Gasteiger partial charge is 0.252 e. The van der Waals surface area contributed by atoms with Crippen molar-refractivity contribution < 1.29 is 4.79 Å². The highest BCUT2D eigenvalue weighted by molar-refractivity contribution is 7.98.